The average Bonchev–Trinajstić information content (AvgIpc) is 3.46. The molecular weight excluding hydrogens is 997 g/mol. The molecule has 0 rings (SSSR count). The van der Waals surface area contributed by atoms with Crippen LogP contribution in [0.4, 0.5) is 0 Å². The van der Waals surface area contributed by atoms with Crippen LogP contribution in [-0.4, -0.2) is 37.2 Å². The van der Waals surface area contributed by atoms with E-state index < -0.39 is 6.10 Å². The van der Waals surface area contributed by atoms with Crippen molar-refractivity contribution in [1.29, 1.82) is 0 Å². The van der Waals surface area contributed by atoms with E-state index in [-0.39, 0.29) is 31.1 Å². The fraction of sp³-hybridized carbons (Fsp3) is 0.827. The van der Waals surface area contributed by atoms with Crippen LogP contribution in [0.25, 0.3) is 0 Å². The molecule has 0 aliphatic carbocycles. The molecule has 0 radical (unpaired) electrons. The van der Waals surface area contributed by atoms with E-state index in [1.165, 1.54) is 257 Å². The molecule has 0 bridgehead atoms. The van der Waals surface area contributed by atoms with Crippen LogP contribution in [0.3, 0.4) is 0 Å². The monoisotopic (exact) mass is 1130 g/mol. The molecule has 1 unspecified atom stereocenters. The molecule has 0 heterocycles. The number of hydrogen-bond acceptors (Lipinski definition) is 6. The first-order valence-corrected chi connectivity index (χ1v) is 35.8. The molecule has 0 amide bonds. The Morgan fingerprint density at radius 2 is 0.481 bits per heavy atom. The summed E-state index contributed by atoms with van der Waals surface area (Å²) in [6.07, 6.45) is 89.8. The lowest BCUT2D eigenvalue weighted by atomic mass is 10.0. The van der Waals surface area contributed by atoms with E-state index in [4.69, 9.17) is 14.2 Å². The Kier molecular flexibility index (Phi) is 67.1. The van der Waals surface area contributed by atoms with Crippen LogP contribution in [0.15, 0.2) is 60.8 Å². The Balaban J connectivity index is 4.24. The summed E-state index contributed by atoms with van der Waals surface area (Å²) in [6.45, 7) is 6.56. The highest BCUT2D eigenvalue weighted by atomic mass is 16.6. The Hall–Kier alpha value is -2.89. The van der Waals surface area contributed by atoms with Crippen LogP contribution < -0.4 is 0 Å². The van der Waals surface area contributed by atoms with Crippen molar-refractivity contribution in [3.05, 3.63) is 60.8 Å². The number of esters is 3. The van der Waals surface area contributed by atoms with Gasteiger partial charge in [-0.05, 0) is 103 Å². The highest BCUT2D eigenvalue weighted by Crippen LogP contribution is 2.18. The number of hydrogen-bond donors (Lipinski definition) is 0. The zero-order valence-electron chi connectivity index (χ0n) is 54.3. The topological polar surface area (TPSA) is 78.9 Å². The maximum atomic E-state index is 13.0. The van der Waals surface area contributed by atoms with Gasteiger partial charge in [0.15, 0.2) is 6.10 Å². The van der Waals surface area contributed by atoms with Crippen LogP contribution in [0.2, 0.25) is 0 Å². The van der Waals surface area contributed by atoms with Gasteiger partial charge in [0.05, 0.1) is 0 Å². The third kappa shape index (κ3) is 67.8. The normalized spacial score (nSPS) is 12.4. The Labute approximate surface area is 504 Å². The van der Waals surface area contributed by atoms with Crippen molar-refractivity contribution in [2.75, 3.05) is 13.2 Å². The molecule has 472 valence electrons. The molecule has 0 aromatic carbocycles. The van der Waals surface area contributed by atoms with Gasteiger partial charge in [-0.1, -0.05) is 319 Å². The molecule has 0 aliphatic rings. The third-order valence-electron chi connectivity index (χ3n) is 16.0. The zero-order valence-corrected chi connectivity index (χ0v) is 54.3. The number of carbonyl (C=O) groups excluding carboxylic acids is 3. The predicted molar refractivity (Wildman–Crippen MR) is 353 cm³/mol. The van der Waals surface area contributed by atoms with E-state index in [0.29, 0.717) is 19.3 Å². The molecule has 6 nitrogen and oxygen atoms in total. The molecule has 0 saturated carbocycles. The molecule has 0 fully saturated rings. The second-order valence-electron chi connectivity index (χ2n) is 24.1. The predicted octanol–water partition coefficient (Wildman–Crippen LogP) is 24.7. The molecule has 1 atom stereocenters. The van der Waals surface area contributed by atoms with Gasteiger partial charge >= 0.3 is 17.9 Å². The van der Waals surface area contributed by atoms with Gasteiger partial charge in [-0.25, -0.2) is 0 Å². The van der Waals surface area contributed by atoms with Crippen LogP contribution in [-0.2, 0) is 28.6 Å². The Bertz CT molecular complexity index is 1440. The Morgan fingerprint density at radius 1 is 0.259 bits per heavy atom. The highest BCUT2D eigenvalue weighted by molar-refractivity contribution is 5.71. The summed E-state index contributed by atoms with van der Waals surface area (Å²) in [5, 5.41) is 0. The minimum atomic E-state index is -0.787. The molecule has 0 saturated heterocycles. The summed E-state index contributed by atoms with van der Waals surface area (Å²) < 4.78 is 17.0. The Morgan fingerprint density at radius 3 is 0.778 bits per heavy atom. The van der Waals surface area contributed by atoms with Crippen LogP contribution >= 0.6 is 0 Å². The van der Waals surface area contributed by atoms with Crippen molar-refractivity contribution in [3.8, 4) is 0 Å². The average molecular weight is 1130 g/mol. The number of rotatable bonds is 66. The minimum Gasteiger partial charge on any atom is -0.462 e. The van der Waals surface area contributed by atoms with Gasteiger partial charge in [0.2, 0.25) is 0 Å². The summed E-state index contributed by atoms with van der Waals surface area (Å²) in [4.78, 5) is 38.4. The fourth-order valence-electron chi connectivity index (χ4n) is 10.6. The van der Waals surface area contributed by atoms with E-state index >= 15 is 0 Å². The van der Waals surface area contributed by atoms with Gasteiger partial charge in [0.25, 0.3) is 0 Å². The lowest BCUT2D eigenvalue weighted by molar-refractivity contribution is -0.167. The molecule has 0 aromatic heterocycles. The van der Waals surface area contributed by atoms with Gasteiger partial charge < -0.3 is 14.2 Å². The van der Waals surface area contributed by atoms with Crippen LogP contribution in [0.1, 0.15) is 380 Å². The minimum absolute atomic E-state index is 0.0808. The SMILES string of the molecule is CC/C=C\C/C=C\C/C=C\CCCCCC(=O)OCC(COC(=O)CCCCCCCCCCCCCCCCC/C=C\CCCCCCCCCC)OC(=O)CCCCCCCCCCCCC/C=C\CCCCCCCCCC. The van der Waals surface area contributed by atoms with Gasteiger partial charge in [-0.15, -0.1) is 0 Å². The van der Waals surface area contributed by atoms with Crippen molar-refractivity contribution in [3.63, 3.8) is 0 Å². The highest BCUT2D eigenvalue weighted by Gasteiger charge is 2.19. The van der Waals surface area contributed by atoms with Gasteiger partial charge in [0.1, 0.15) is 13.2 Å². The molecule has 0 aliphatic heterocycles. The first kappa shape index (κ1) is 78.1. The van der Waals surface area contributed by atoms with Crippen molar-refractivity contribution in [2.45, 2.75) is 386 Å². The largest absolute Gasteiger partial charge is 0.462 e. The lowest BCUT2D eigenvalue weighted by Crippen LogP contribution is -2.30. The molecule has 6 heteroatoms. The summed E-state index contributed by atoms with van der Waals surface area (Å²) in [5.41, 5.74) is 0. The van der Waals surface area contributed by atoms with Crippen LogP contribution in [0.5, 0.6) is 0 Å². The molecule has 81 heavy (non-hydrogen) atoms. The van der Waals surface area contributed by atoms with E-state index in [2.05, 4.69) is 81.5 Å². The summed E-state index contributed by atoms with van der Waals surface area (Å²) >= 11 is 0. The molecule has 0 spiro atoms. The van der Waals surface area contributed by atoms with Crippen molar-refractivity contribution in [2.24, 2.45) is 0 Å². The van der Waals surface area contributed by atoms with E-state index in [0.717, 1.165) is 83.5 Å². The lowest BCUT2D eigenvalue weighted by Gasteiger charge is -2.18. The molecular formula is C75H136O6. The summed E-state index contributed by atoms with van der Waals surface area (Å²) in [6, 6.07) is 0. The summed E-state index contributed by atoms with van der Waals surface area (Å²) in [7, 11) is 0. The quantitative estimate of drug-likeness (QED) is 0.0261. The van der Waals surface area contributed by atoms with Gasteiger partial charge in [0, 0.05) is 19.3 Å². The zero-order chi connectivity index (χ0) is 58.5. The second-order valence-corrected chi connectivity index (χ2v) is 24.1. The number of unbranched alkanes of at least 4 members (excludes halogenated alkanes) is 45. The standard InChI is InChI=1S/C75H136O6/c1-4-7-10-13-16-19-22-25-27-29-31-33-35-36-37-38-40-41-43-45-47-50-53-56-59-62-65-68-74(77)80-71-72(70-79-73(76)67-64-61-58-55-52-49-24-21-18-15-12-9-6-3)81-75(78)69-66-63-60-57-54-51-48-46-44-42-39-34-32-30-28-26-23-20-17-14-11-8-5-2/h9,12,18,21,29-32,49,52,72H,4-8,10-11,13-17,19-20,22-28,33-48,50-51,53-71H2,1-3H3/b12-9-,21-18-,31-29-,32-30-,52-49-. The van der Waals surface area contributed by atoms with Crippen molar-refractivity contribution >= 4 is 17.9 Å². The molecule has 0 N–H and O–H groups in total. The smallest absolute Gasteiger partial charge is 0.306 e. The van der Waals surface area contributed by atoms with E-state index in [9.17, 15) is 14.4 Å². The van der Waals surface area contributed by atoms with Crippen molar-refractivity contribution < 1.29 is 28.6 Å². The third-order valence-corrected chi connectivity index (χ3v) is 16.0. The second kappa shape index (κ2) is 69.6. The number of allylic oxidation sites excluding steroid dienone is 10. The number of ether oxygens (including phenoxy) is 3. The summed E-state index contributed by atoms with van der Waals surface area (Å²) in [5.74, 6) is -0.890. The maximum absolute atomic E-state index is 13.0. The first-order chi connectivity index (χ1) is 40.0. The first-order valence-electron chi connectivity index (χ1n) is 35.8. The van der Waals surface area contributed by atoms with Gasteiger partial charge in [-0.3, -0.25) is 14.4 Å². The van der Waals surface area contributed by atoms with Crippen LogP contribution in [0, 0.1) is 0 Å². The fourth-order valence-corrected chi connectivity index (χ4v) is 10.6. The van der Waals surface area contributed by atoms with Gasteiger partial charge in [-0.2, -0.15) is 0 Å². The maximum Gasteiger partial charge on any atom is 0.306 e. The molecule has 0 aromatic rings. The van der Waals surface area contributed by atoms with E-state index in [1.807, 2.05) is 0 Å². The van der Waals surface area contributed by atoms with E-state index in [1.54, 1.807) is 0 Å². The number of carbonyl (C=O) groups is 3. The van der Waals surface area contributed by atoms with Crippen molar-refractivity contribution in [1.82, 2.24) is 0 Å².